The second-order valence-corrected chi connectivity index (χ2v) is 4.46. The highest BCUT2D eigenvalue weighted by molar-refractivity contribution is 5.55. The molecule has 1 aromatic heterocycles. The smallest absolute Gasteiger partial charge is 0.309 e. The molecule has 3 heteroatoms. The molecule has 0 radical (unpaired) electrons. The number of rotatable bonds is 1. The van der Waals surface area contributed by atoms with E-state index in [0.29, 0.717) is 0 Å². The van der Waals surface area contributed by atoms with Crippen LogP contribution in [0.1, 0.15) is 17.0 Å². The number of nitrogens with zero attached hydrogens (tertiary/aromatic N) is 1. The van der Waals surface area contributed by atoms with Crippen LogP contribution in [-0.4, -0.2) is 9.55 Å². The SMILES string of the molecule is Cc1ccc(-n2c3c([nH]c2=O)CC=CC=C3)cc1. The van der Waals surface area contributed by atoms with Gasteiger partial charge in [0, 0.05) is 12.1 Å². The van der Waals surface area contributed by atoms with Crippen molar-refractivity contribution in [3.05, 3.63) is 69.9 Å². The van der Waals surface area contributed by atoms with Gasteiger partial charge < -0.3 is 4.98 Å². The molecule has 0 unspecified atom stereocenters. The molecular weight excluding hydrogens is 224 g/mol. The predicted molar refractivity (Wildman–Crippen MR) is 73.0 cm³/mol. The number of imidazole rings is 1. The van der Waals surface area contributed by atoms with Crippen molar-refractivity contribution in [2.24, 2.45) is 0 Å². The molecule has 0 saturated carbocycles. The lowest BCUT2D eigenvalue weighted by Gasteiger charge is -2.05. The summed E-state index contributed by atoms with van der Waals surface area (Å²) in [5, 5.41) is 0. The van der Waals surface area contributed by atoms with E-state index < -0.39 is 0 Å². The van der Waals surface area contributed by atoms with Gasteiger partial charge in [-0.1, -0.05) is 35.9 Å². The normalized spacial score (nSPS) is 13.4. The van der Waals surface area contributed by atoms with E-state index in [1.54, 1.807) is 4.57 Å². The lowest BCUT2D eigenvalue weighted by molar-refractivity contribution is 0.976. The predicted octanol–water partition coefficient (Wildman–Crippen LogP) is 2.60. The summed E-state index contributed by atoms with van der Waals surface area (Å²) in [7, 11) is 0. The van der Waals surface area contributed by atoms with Crippen LogP contribution >= 0.6 is 0 Å². The second kappa shape index (κ2) is 4.18. The van der Waals surface area contributed by atoms with Crippen molar-refractivity contribution >= 4 is 6.08 Å². The van der Waals surface area contributed by atoms with Crippen molar-refractivity contribution in [2.75, 3.05) is 0 Å². The monoisotopic (exact) mass is 238 g/mol. The van der Waals surface area contributed by atoms with E-state index in [1.807, 2.05) is 55.5 Å². The van der Waals surface area contributed by atoms with E-state index in [1.165, 1.54) is 5.56 Å². The van der Waals surface area contributed by atoms with E-state index >= 15 is 0 Å². The molecule has 0 atom stereocenters. The fourth-order valence-electron chi connectivity index (χ4n) is 2.19. The number of aryl methyl sites for hydroxylation is 1. The fraction of sp³-hybridized carbons (Fsp3) is 0.133. The minimum absolute atomic E-state index is 0.0798. The average molecular weight is 238 g/mol. The second-order valence-electron chi connectivity index (χ2n) is 4.46. The lowest BCUT2D eigenvalue weighted by Crippen LogP contribution is -2.15. The van der Waals surface area contributed by atoms with Crippen molar-refractivity contribution in [3.8, 4) is 5.69 Å². The number of nitrogens with one attached hydrogen (secondary N) is 1. The van der Waals surface area contributed by atoms with Gasteiger partial charge in [-0.2, -0.15) is 0 Å². The van der Waals surface area contributed by atoms with Crippen molar-refractivity contribution < 1.29 is 0 Å². The molecule has 3 nitrogen and oxygen atoms in total. The summed E-state index contributed by atoms with van der Waals surface area (Å²) < 4.78 is 1.72. The quantitative estimate of drug-likeness (QED) is 0.814. The van der Waals surface area contributed by atoms with E-state index in [4.69, 9.17) is 0 Å². The Morgan fingerprint density at radius 1 is 1.17 bits per heavy atom. The van der Waals surface area contributed by atoms with E-state index in [2.05, 4.69) is 4.98 Å². The summed E-state index contributed by atoms with van der Waals surface area (Å²) in [6.45, 7) is 2.04. The molecule has 1 aromatic carbocycles. The van der Waals surface area contributed by atoms with Gasteiger partial charge in [-0.25, -0.2) is 4.79 Å². The van der Waals surface area contributed by atoms with Crippen LogP contribution in [0.5, 0.6) is 0 Å². The Labute approximate surface area is 105 Å². The molecular formula is C15H14N2O. The van der Waals surface area contributed by atoms with Gasteiger partial charge in [0.15, 0.2) is 0 Å². The lowest BCUT2D eigenvalue weighted by atomic mass is 10.2. The Bertz CT molecular complexity index is 684. The fourth-order valence-corrected chi connectivity index (χ4v) is 2.19. The van der Waals surface area contributed by atoms with Crippen LogP contribution in [0.2, 0.25) is 0 Å². The summed E-state index contributed by atoms with van der Waals surface area (Å²) in [5.41, 5.74) is 3.91. The molecule has 0 spiro atoms. The number of aromatic nitrogens is 2. The van der Waals surface area contributed by atoms with Crippen molar-refractivity contribution in [1.29, 1.82) is 0 Å². The Kier molecular flexibility index (Phi) is 2.52. The summed E-state index contributed by atoms with van der Waals surface area (Å²) in [6, 6.07) is 7.97. The van der Waals surface area contributed by atoms with Crippen LogP contribution in [0.3, 0.4) is 0 Å². The van der Waals surface area contributed by atoms with Gasteiger partial charge in [0.2, 0.25) is 0 Å². The molecule has 0 fully saturated rings. The Hall–Kier alpha value is -2.29. The van der Waals surface area contributed by atoms with Gasteiger partial charge in [-0.15, -0.1) is 0 Å². The number of allylic oxidation sites excluding steroid dienone is 3. The molecule has 0 bridgehead atoms. The maximum Gasteiger partial charge on any atom is 0.330 e. The van der Waals surface area contributed by atoms with Crippen LogP contribution in [0.15, 0.2) is 47.3 Å². The van der Waals surface area contributed by atoms with Crippen LogP contribution in [0, 0.1) is 6.92 Å². The zero-order valence-electron chi connectivity index (χ0n) is 10.2. The van der Waals surface area contributed by atoms with Gasteiger partial charge >= 0.3 is 5.69 Å². The van der Waals surface area contributed by atoms with Crippen molar-refractivity contribution in [1.82, 2.24) is 9.55 Å². The first-order valence-corrected chi connectivity index (χ1v) is 6.00. The van der Waals surface area contributed by atoms with E-state index in [0.717, 1.165) is 23.5 Å². The number of fused-ring (bicyclic) bond motifs is 1. The maximum absolute atomic E-state index is 12.1. The topological polar surface area (TPSA) is 37.8 Å². The molecule has 1 N–H and O–H groups in total. The first kappa shape index (κ1) is 10.8. The minimum Gasteiger partial charge on any atom is -0.309 e. The first-order valence-electron chi connectivity index (χ1n) is 6.00. The zero-order valence-corrected chi connectivity index (χ0v) is 10.2. The highest BCUT2D eigenvalue weighted by Gasteiger charge is 2.12. The molecule has 2 aromatic rings. The minimum atomic E-state index is -0.0798. The zero-order chi connectivity index (χ0) is 12.5. The number of hydrogen-bond acceptors (Lipinski definition) is 1. The highest BCUT2D eigenvalue weighted by Crippen LogP contribution is 2.17. The van der Waals surface area contributed by atoms with Crippen LogP contribution < -0.4 is 5.69 Å². The van der Waals surface area contributed by atoms with Crippen LogP contribution in [-0.2, 0) is 6.42 Å². The number of H-pyrrole nitrogens is 1. The van der Waals surface area contributed by atoms with E-state index in [-0.39, 0.29) is 5.69 Å². The highest BCUT2D eigenvalue weighted by atomic mass is 16.1. The van der Waals surface area contributed by atoms with Crippen molar-refractivity contribution in [3.63, 3.8) is 0 Å². The molecule has 1 aliphatic rings. The third-order valence-corrected chi connectivity index (χ3v) is 3.13. The molecule has 18 heavy (non-hydrogen) atoms. The number of benzene rings is 1. The molecule has 0 aliphatic heterocycles. The van der Waals surface area contributed by atoms with E-state index in [9.17, 15) is 4.79 Å². The first-order chi connectivity index (χ1) is 8.75. The average Bonchev–Trinajstić information content (AvgIpc) is 2.54. The third kappa shape index (κ3) is 1.74. The summed E-state index contributed by atoms with van der Waals surface area (Å²) in [4.78, 5) is 15.0. The van der Waals surface area contributed by atoms with Gasteiger partial charge in [0.1, 0.15) is 0 Å². The summed E-state index contributed by atoms with van der Waals surface area (Å²) in [5.74, 6) is 0. The van der Waals surface area contributed by atoms with Crippen molar-refractivity contribution in [2.45, 2.75) is 13.3 Å². The van der Waals surface area contributed by atoms with Crippen LogP contribution in [0.4, 0.5) is 0 Å². The molecule has 0 amide bonds. The molecule has 3 rings (SSSR count). The summed E-state index contributed by atoms with van der Waals surface area (Å²) >= 11 is 0. The Morgan fingerprint density at radius 3 is 2.72 bits per heavy atom. The van der Waals surface area contributed by atoms with Gasteiger partial charge in [-0.05, 0) is 25.1 Å². The third-order valence-electron chi connectivity index (χ3n) is 3.13. The number of aromatic amines is 1. The largest absolute Gasteiger partial charge is 0.330 e. The molecule has 90 valence electrons. The molecule has 0 saturated heterocycles. The molecule has 1 aliphatic carbocycles. The Balaban J connectivity index is 2.21. The van der Waals surface area contributed by atoms with Gasteiger partial charge in [0.05, 0.1) is 11.4 Å². The van der Waals surface area contributed by atoms with Gasteiger partial charge in [-0.3, -0.25) is 4.57 Å². The summed E-state index contributed by atoms with van der Waals surface area (Å²) in [6.07, 6.45) is 8.73. The number of hydrogen-bond donors (Lipinski definition) is 1. The van der Waals surface area contributed by atoms with Crippen LogP contribution in [0.25, 0.3) is 11.8 Å². The standard InChI is InChI=1S/C15H14N2O/c1-11-7-9-12(10-8-11)17-14-6-4-2-3-5-13(14)16-15(17)18/h2-4,6-10H,5H2,1H3,(H,16,18). The maximum atomic E-state index is 12.1. The molecule has 1 heterocycles. The van der Waals surface area contributed by atoms with Gasteiger partial charge in [0.25, 0.3) is 0 Å². The Morgan fingerprint density at radius 2 is 1.94 bits per heavy atom.